The zero-order chi connectivity index (χ0) is 11.7. The van der Waals surface area contributed by atoms with Crippen LogP contribution in [0.5, 0.6) is 0 Å². The number of hydrogen-bond acceptors (Lipinski definition) is 3. The van der Waals surface area contributed by atoms with Crippen molar-refractivity contribution in [1.29, 1.82) is 0 Å². The maximum atomic E-state index is 11.4. The molecule has 84 valence electrons. The fraction of sp³-hybridized carbons (Fsp3) is 0.222. The zero-order valence-electron chi connectivity index (χ0n) is 8.14. The minimum Gasteiger partial charge on any atom is -0.336 e. The topological polar surface area (TPSA) is 75.5 Å². The second-order valence-electron chi connectivity index (χ2n) is 3.28. The van der Waals surface area contributed by atoms with Crippen LogP contribution in [-0.4, -0.2) is 24.0 Å². The number of anilines is 1. The number of carbonyl (C=O) groups is 1. The molecule has 1 aromatic carbocycles. The van der Waals surface area contributed by atoms with Gasteiger partial charge in [0.15, 0.2) is 0 Å². The summed E-state index contributed by atoms with van der Waals surface area (Å²) in [6, 6.07) is 4.05. The van der Waals surface area contributed by atoms with Gasteiger partial charge in [0, 0.05) is 19.2 Å². The first-order chi connectivity index (χ1) is 7.59. The molecule has 7 heteroatoms. The minimum atomic E-state index is -0.570. The summed E-state index contributed by atoms with van der Waals surface area (Å²) in [5, 5.41) is 13.4. The van der Waals surface area contributed by atoms with Gasteiger partial charge in [-0.2, -0.15) is 0 Å². The fourth-order valence-corrected chi connectivity index (χ4v) is 1.71. The van der Waals surface area contributed by atoms with Gasteiger partial charge in [0.1, 0.15) is 5.02 Å². The second-order valence-corrected chi connectivity index (χ2v) is 3.68. The molecule has 1 aliphatic heterocycles. The van der Waals surface area contributed by atoms with Gasteiger partial charge in [-0.1, -0.05) is 11.6 Å². The predicted molar refractivity (Wildman–Crippen MR) is 58.9 cm³/mol. The molecular formula is C9H8ClN3O3. The first-order valence-corrected chi connectivity index (χ1v) is 4.96. The Bertz CT molecular complexity index is 463. The number of hydrogen-bond donors (Lipinski definition) is 1. The number of carbonyl (C=O) groups excluding carboxylic acids is 1. The van der Waals surface area contributed by atoms with Gasteiger partial charge in [-0.3, -0.25) is 15.0 Å². The van der Waals surface area contributed by atoms with E-state index in [0.29, 0.717) is 18.8 Å². The number of benzene rings is 1. The Hall–Kier alpha value is -1.82. The molecule has 2 rings (SSSR count). The predicted octanol–water partition coefficient (Wildman–Crippen LogP) is 1.78. The second kappa shape index (κ2) is 3.97. The lowest BCUT2D eigenvalue weighted by Crippen LogP contribution is -2.27. The summed E-state index contributed by atoms with van der Waals surface area (Å²) in [4.78, 5) is 22.9. The Morgan fingerprint density at radius 3 is 2.81 bits per heavy atom. The first-order valence-electron chi connectivity index (χ1n) is 4.59. The molecule has 2 amide bonds. The third kappa shape index (κ3) is 1.79. The molecule has 0 aromatic heterocycles. The van der Waals surface area contributed by atoms with Crippen LogP contribution in [0.25, 0.3) is 0 Å². The van der Waals surface area contributed by atoms with Gasteiger partial charge in [-0.15, -0.1) is 0 Å². The number of nitrogens with one attached hydrogen (secondary N) is 1. The summed E-state index contributed by atoms with van der Waals surface area (Å²) >= 11 is 5.67. The van der Waals surface area contributed by atoms with Crippen molar-refractivity contribution in [3.63, 3.8) is 0 Å². The summed E-state index contributed by atoms with van der Waals surface area (Å²) in [5.41, 5.74) is 0.282. The average Bonchev–Trinajstić information content (AvgIpc) is 2.65. The van der Waals surface area contributed by atoms with Crippen LogP contribution in [0.2, 0.25) is 5.02 Å². The van der Waals surface area contributed by atoms with E-state index in [0.717, 1.165) is 0 Å². The van der Waals surface area contributed by atoms with Gasteiger partial charge in [0.25, 0.3) is 5.69 Å². The standard InChI is InChI=1S/C9H8ClN3O3/c10-7-2-1-6(5-8(7)13(15)16)12-4-3-11-9(12)14/h1-2,5H,3-4H2,(H,11,14). The van der Waals surface area contributed by atoms with Crippen molar-refractivity contribution in [3.05, 3.63) is 33.3 Å². The van der Waals surface area contributed by atoms with Crippen LogP contribution in [0.15, 0.2) is 18.2 Å². The Kier molecular flexibility index (Phi) is 2.66. The molecule has 16 heavy (non-hydrogen) atoms. The fourth-order valence-electron chi connectivity index (χ4n) is 1.53. The highest BCUT2D eigenvalue weighted by atomic mass is 35.5. The summed E-state index contributed by atoms with van der Waals surface area (Å²) < 4.78 is 0. The van der Waals surface area contributed by atoms with Gasteiger partial charge in [0.05, 0.1) is 10.6 Å². The van der Waals surface area contributed by atoms with E-state index in [1.54, 1.807) is 6.07 Å². The van der Waals surface area contributed by atoms with Gasteiger partial charge < -0.3 is 5.32 Å². The van der Waals surface area contributed by atoms with E-state index < -0.39 is 4.92 Å². The molecule has 0 radical (unpaired) electrons. The molecule has 1 aliphatic rings. The third-order valence-electron chi connectivity index (χ3n) is 2.29. The highest BCUT2D eigenvalue weighted by Gasteiger charge is 2.23. The third-order valence-corrected chi connectivity index (χ3v) is 2.61. The zero-order valence-corrected chi connectivity index (χ0v) is 8.90. The molecule has 0 unspecified atom stereocenters. The van der Waals surface area contributed by atoms with Crippen LogP contribution in [0.1, 0.15) is 0 Å². The number of nitrogens with zero attached hydrogens (tertiary/aromatic N) is 2. The molecule has 1 saturated heterocycles. The molecule has 0 atom stereocenters. The summed E-state index contributed by atoms with van der Waals surface area (Å²) in [7, 11) is 0. The molecule has 0 spiro atoms. The molecule has 1 fully saturated rings. The van der Waals surface area contributed by atoms with Gasteiger partial charge in [-0.25, -0.2) is 4.79 Å². The normalized spacial score (nSPS) is 15.1. The van der Waals surface area contributed by atoms with Crippen LogP contribution < -0.4 is 10.2 Å². The van der Waals surface area contributed by atoms with E-state index in [9.17, 15) is 14.9 Å². The molecule has 0 saturated carbocycles. The van der Waals surface area contributed by atoms with Gasteiger partial charge >= 0.3 is 6.03 Å². The van der Waals surface area contributed by atoms with E-state index in [-0.39, 0.29) is 16.7 Å². The van der Waals surface area contributed by atoms with Gasteiger partial charge in [0.2, 0.25) is 0 Å². The van der Waals surface area contributed by atoms with E-state index >= 15 is 0 Å². The Morgan fingerprint density at radius 1 is 1.50 bits per heavy atom. The number of rotatable bonds is 2. The van der Waals surface area contributed by atoms with E-state index in [4.69, 9.17) is 11.6 Å². The Labute approximate surface area is 95.9 Å². The number of nitro benzene ring substituents is 1. The maximum Gasteiger partial charge on any atom is 0.322 e. The van der Waals surface area contributed by atoms with Crippen LogP contribution in [0.3, 0.4) is 0 Å². The first kappa shape index (κ1) is 10.7. The maximum absolute atomic E-state index is 11.4. The van der Waals surface area contributed by atoms with Gasteiger partial charge in [-0.05, 0) is 12.1 Å². The summed E-state index contributed by atoms with van der Waals surface area (Å²) in [6.07, 6.45) is 0. The number of halogens is 1. The van der Waals surface area contributed by atoms with E-state index in [2.05, 4.69) is 5.32 Å². The molecule has 1 N–H and O–H groups in total. The quantitative estimate of drug-likeness (QED) is 0.633. The van der Waals surface area contributed by atoms with Crippen LogP contribution >= 0.6 is 11.6 Å². The van der Waals surface area contributed by atoms with Crippen molar-refractivity contribution in [2.45, 2.75) is 0 Å². The van der Waals surface area contributed by atoms with Crippen LogP contribution in [0.4, 0.5) is 16.2 Å². The van der Waals surface area contributed by atoms with E-state index in [1.165, 1.54) is 17.0 Å². The summed E-state index contributed by atoms with van der Waals surface area (Å²) in [6.45, 7) is 1.03. The lowest BCUT2D eigenvalue weighted by molar-refractivity contribution is -0.384. The number of amides is 2. The molecule has 6 nitrogen and oxygen atoms in total. The molecule has 1 heterocycles. The highest BCUT2D eigenvalue weighted by Crippen LogP contribution is 2.29. The minimum absolute atomic E-state index is 0.0633. The van der Waals surface area contributed by atoms with E-state index in [1.807, 2.05) is 0 Å². The molecule has 1 aromatic rings. The summed E-state index contributed by atoms with van der Waals surface area (Å²) in [5.74, 6) is 0. The smallest absolute Gasteiger partial charge is 0.322 e. The van der Waals surface area contributed by atoms with Crippen molar-refractivity contribution in [2.24, 2.45) is 0 Å². The largest absolute Gasteiger partial charge is 0.336 e. The van der Waals surface area contributed by atoms with Crippen molar-refractivity contribution in [3.8, 4) is 0 Å². The van der Waals surface area contributed by atoms with Crippen LogP contribution in [0, 0.1) is 10.1 Å². The molecule has 0 bridgehead atoms. The highest BCUT2D eigenvalue weighted by molar-refractivity contribution is 6.32. The van der Waals surface area contributed by atoms with Crippen molar-refractivity contribution in [2.75, 3.05) is 18.0 Å². The van der Waals surface area contributed by atoms with Crippen molar-refractivity contribution >= 4 is 29.0 Å². The Balaban J connectivity index is 2.39. The average molecular weight is 242 g/mol. The van der Waals surface area contributed by atoms with Crippen LogP contribution in [-0.2, 0) is 0 Å². The molecular weight excluding hydrogens is 234 g/mol. The Morgan fingerprint density at radius 2 is 2.25 bits per heavy atom. The SMILES string of the molecule is O=C1NCCN1c1ccc(Cl)c([N+](=O)[O-])c1. The number of urea groups is 1. The van der Waals surface area contributed by atoms with Crippen molar-refractivity contribution in [1.82, 2.24) is 5.32 Å². The van der Waals surface area contributed by atoms with Crippen molar-refractivity contribution < 1.29 is 9.72 Å². The molecule has 0 aliphatic carbocycles. The lowest BCUT2D eigenvalue weighted by atomic mass is 10.2. The monoisotopic (exact) mass is 241 g/mol. The lowest BCUT2D eigenvalue weighted by Gasteiger charge is -2.13. The number of nitro groups is 1.